The van der Waals surface area contributed by atoms with Crippen molar-refractivity contribution in [1.29, 1.82) is 0 Å². The number of thiocarbonyl (C=S) groups is 1. The average molecular weight is 257 g/mol. The number of benzene rings is 2. The number of thioether (sulfide) groups is 1. The standard InChI is InChI=1S/C14H11NS2/c16-14-12-8-4-5-9-13(12)15(10-17-14)11-6-2-1-3-7-11/h1-9H,10H2. The summed E-state index contributed by atoms with van der Waals surface area (Å²) in [5.74, 6) is 0.889. The number of rotatable bonds is 1. The molecule has 0 fully saturated rings. The third kappa shape index (κ3) is 1.96. The first kappa shape index (κ1) is 10.8. The minimum absolute atomic E-state index is 0.889. The third-order valence-corrected chi connectivity index (χ3v) is 4.25. The van der Waals surface area contributed by atoms with Gasteiger partial charge in [0.2, 0.25) is 0 Å². The molecule has 2 aromatic carbocycles. The molecule has 0 aromatic heterocycles. The van der Waals surface area contributed by atoms with E-state index in [9.17, 15) is 0 Å². The fraction of sp³-hybridized carbons (Fsp3) is 0.0714. The Morgan fingerprint density at radius 3 is 2.47 bits per heavy atom. The predicted molar refractivity (Wildman–Crippen MR) is 79.2 cm³/mol. The Morgan fingerprint density at radius 1 is 0.941 bits per heavy atom. The second kappa shape index (κ2) is 4.51. The molecule has 0 saturated heterocycles. The van der Waals surface area contributed by atoms with Gasteiger partial charge in [-0.05, 0) is 18.2 Å². The largest absolute Gasteiger partial charge is 0.331 e. The van der Waals surface area contributed by atoms with Gasteiger partial charge < -0.3 is 4.90 Å². The van der Waals surface area contributed by atoms with Crippen molar-refractivity contribution in [1.82, 2.24) is 0 Å². The molecule has 0 amide bonds. The Morgan fingerprint density at radius 2 is 1.65 bits per heavy atom. The Kier molecular flexibility index (Phi) is 2.87. The molecule has 0 radical (unpaired) electrons. The van der Waals surface area contributed by atoms with Gasteiger partial charge in [-0.3, -0.25) is 0 Å². The molecule has 0 bridgehead atoms. The number of hydrogen-bond acceptors (Lipinski definition) is 3. The van der Waals surface area contributed by atoms with Gasteiger partial charge in [-0.1, -0.05) is 60.4 Å². The second-order valence-corrected chi connectivity index (χ2v) is 5.46. The molecule has 17 heavy (non-hydrogen) atoms. The molecule has 1 nitrogen and oxygen atoms in total. The molecule has 1 aliphatic heterocycles. The van der Waals surface area contributed by atoms with Gasteiger partial charge in [0.1, 0.15) is 0 Å². The van der Waals surface area contributed by atoms with E-state index < -0.39 is 0 Å². The van der Waals surface area contributed by atoms with Crippen molar-refractivity contribution in [3.63, 3.8) is 0 Å². The minimum Gasteiger partial charge on any atom is -0.331 e. The molecule has 1 heterocycles. The number of anilines is 2. The number of hydrogen-bond donors (Lipinski definition) is 0. The van der Waals surface area contributed by atoms with Crippen molar-refractivity contribution >= 4 is 39.6 Å². The zero-order valence-corrected chi connectivity index (χ0v) is 10.8. The van der Waals surface area contributed by atoms with E-state index in [0.717, 1.165) is 10.1 Å². The smallest absolute Gasteiger partial charge is 0.0816 e. The van der Waals surface area contributed by atoms with Crippen molar-refractivity contribution in [2.24, 2.45) is 0 Å². The van der Waals surface area contributed by atoms with Gasteiger partial charge in [0.15, 0.2) is 0 Å². The number of nitrogens with zero attached hydrogens (tertiary/aromatic N) is 1. The second-order valence-electron chi connectivity index (χ2n) is 3.84. The van der Waals surface area contributed by atoms with Crippen LogP contribution in [0.1, 0.15) is 5.56 Å². The van der Waals surface area contributed by atoms with Crippen LogP contribution in [0.15, 0.2) is 54.6 Å². The quantitative estimate of drug-likeness (QED) is 0.705. The maximum absolute atomic E-state index is 5.40. The van der Waals surface area contributed by atoms with Crippen LogP contribution in [0.5, 0.6) is 0 Å². The number of fused-ring (bicyclic) bond motifs is 1. The van der Waals surface area contributed by atoms with E-state index in [-0.39, 0.29) is 0 Å². The Hall–Kier alpha value is -1.32. The van der Waals surface area contributed by atoms with Crippen LogP contribution in [0.3, 0.4) is 0 Å². The lowest BCUT2D eigenvalue weighted by Crippen LogP contribution is -2.23. The van der Waals surface area contributed by atoms with E-state index in [1.54, 1.807) is 11.8 Å². The van der Waals surface area contributed by atoms with Crippen LogP contribution < -0.4 is 4.90 Å². The fourth-order valence-electron chi connectivity index (χ4n) is 1.97. The highest BCUT2D eigenvalue weighted by Crippen LogP contribution is 2.37. The molecular formula is C14H11NS2. The molecule has 3 heteroatoms. The summed E-state index contributed by atoms with van der Waals surface area (Å²) in [4.78, 5) is 2.30. The van der Waals surface area contributed by atoms with E-state index >= 15 is 0 Å². The summed E-state index contributed by atoms with van der Waals surface area (Å²) >= 11 is 7.12. The predicted octanol–water partition coefficient (Wildman–Crippen LogP) is 4.20. The van der Waals surface area contributed by atoms with E-state index in [0.29, 0.717) is 0 Å². The van der Waals surface area contributed by atoms with Crippen molar-refractivity contribution in [3.05, 3.63) is 60.2 Å². The van der Waals surface area contributed by atoms with Crippen LogP contribution in [0.25, 0.3) is 0 Å². The van der Waals surface area contributed by atoms with Gasteiger partial charge in [0.05, 0.1) is 15.8 Å². The highest BCUT2D eigenvalue weighted by molar-refractivity contribution is 8.23. The lowest BCUT2D eigenvalue weighted by atomic mass is 10.1. The van der Waals surface area contributed by atoms with Crippen molar-refractivity contribution in [2.75, 3.05) is 10.8 Å². The van der Waals surface area contributed by atoms with Gasteiger partial charge in [0, 0.05) is 11.3 Å². The molecule has 0 aliphatic carbocycles. The van der Waals surface area contributed by atoms with Crippen LogP contribution in [0.4, 0.5) is 11.4 Å². The van der Waals surface area contributed by atoms with Gasteiger partial charge in [-0.2, -0.15) is 0 Å². The monoisotopic (exact) mass is 257 g/mol. The summed E-state index contributed by atoms with van der Waals surface area (Å²) in [5.41, 5.74) is 3.60. The van der Waals surface area contributed by atoms with Crippen LogP contribution in [-0.2, 0) is 0 Å². The van der Waals surface area contributed by atoms with Gasteiger partial charge in [-0.15, -0.1) is 0 Å². The topological polar surface area (TPSA) is 3.24 Å². The number of para-hydroxylation sites is 2. The first-order chi connectivity index (χ1) is 8.36. The molecule has 0 unspecified atom stereocenters. The maximum atomic E-state index is 5.40. The zero-order chi connectivity index (χ0) is 11.7. The molecule has 84 valence electrons. The molecule has 1 aliphatic rings. The molecule has 0 atom stereocenters. The van der Waals surface area contributed by atoms with Crippen molar-refractivity contribution in [3.8, 4) is 0 Å². The summed E-state index contributed by atoms with van der Waals surface area (Å²) in [6.45, 7) is 0. The lowest BCUT2D eigenvalue weighted by Gasteiger charge is -2.31. The van der Waals surface area contributed by atoms with Crippen LogP contribution in [-0.4, -0.2) is 10.1 Å². The first-order valence-corrected chi connectivity index (χ1v) is 6.84. The summed E-state index contributed by atoms with van der Waals surface area (Å²) in [5, 5.41) is 0. The van der Waals surface area contributed by atoms with E-state index in [4.69, 9.17) is 12.2 Å². The SMILES string of the molecule is S=C1SCN(c2ccccc2)c2ccccc21. The Labute approximate surface area is 110 Å². The lowest BCUT2D eigenvalue weighted by molar-refractivity contribution is 1.17. The van der Waals surface area contributed by atoms with Crippen LogP contribution in [0.2, 0.25) is 0 Å². The Balaban J connectivity index is 2.10. The summed E-state index contributed by atoms with van der Waals surface area (Å²) in [7, 11) is 0. The van der Waals surface area contributed by atoms with E-state index in [1.165, 1.54) is 16.9 Å². The maximum Gasteiger partial charge on any atom is 0.0816 e. The van der Waals surface area contributed by atoms with Gasteiger partial charge >= 0.3 is 0 Å². The van der Waals surface area contributed by atoms with Gasteiger partial charge in [0.25, 0.3) is 0 Å². The average Bonchev–Trinajstić information content (AvgIpc) is 2.41. The summed E-state index contributed by atoms with van der Waals surface area (Å²) < 4.78 is 0.993. The molecule has 3 rings (SSSR count). The Bertz CT molecular complexity index is 551. The molecule has 0 saturated carbocycles. The summed E-state index contributed by atoms with van der Waals surface area (Å²) in [6, 6.07) is 18.8. The van der Waals surface area contributed by atoms with Crippen LogP contribution >= 0.6 is 24.0 Å². The van der Waals surface area contributed by atoms with E-state index in [1.807, 2.05) is 12.1 Å². The highest BCUT2D eigenvalue weighted by Gasteiger charge is 2.21. The summed E-state index contributed by atoms with van der Waals surface area (Å²) in [6.07, 6.45) is 0. The van der Waals surface area contributed by atoms with E-state index in [2.05, 4.69) is 47.4 Å². The fourth-order valence-corrected chi connectivity index (χ4v) is 3.17. The first-order valence-electron chi connectivity index (χ1n) is 5.45. The third-order valence-electron chi connectivity index (χ3n) is 2.81. The van der Waals surface area contributed by atoms with Crippen molar-refractivity contribution in [2.45, 2.75) is 0 Å². The zero-order valence-electron chi connectivity index (χ0n) is 9.17. The normalized spacial score (nSPS) is 14.6. The van der Waals surface area contributed by atoms with Gasteiger partial charge in [-0.25, -0.2) is 0 Å². The molecule has 2 aromatic rings. The molecule has 0 spiro atoms. The molecular weight excluding hydrogens is 246 g/mol. The minimum atomic E-state index is 0.889. The molecule has 0 N–H and O–H groups in total. The highest BCUT2D eigenvalue weighted by atomic mass is 32.2. The van der Waals surface area contributed by atoms with Crippen LogP contribution in [0, 0.1) is 0 Å². The van der Waals surface area contributed by atoms with Crippen molar-refractivity contribution < 1.29 is 0 Å².